The number of aliphatic hydroxyl groups is 1. The first kappa shape index (κ1) is 23.4. The van der Waals surface area contributed by atoms with Crippen LogP contribution in [0.4, 0.5) is 0 Å². The summed E-state index contributed by atoms with van der Waals surface area (Å²) in [6.07, 6.45) is 16.9. The zero-order chi connectivity index (χ0) is 18.0. The third-order valence-corrected chi connectivity index (χ3v) is 4.43. The van der Waals surface area contributed by atoms with Gasteiger partial charge >= 0.3 is 5.97 Å². The summed E-state index contributed by atoms with van der Waals surface area (Å²) in [6, 6.07) is 0. The van der Waals surface area contributed by atoms with Crippen LogP contribution in [0.5, 0.6) is 0 Å². The summed E-state index contributed by atoms with van der Waals surface area (Å²) < 4.78 is 5.11. The lowest BCUT2D eigenvalue weighted by Gasteiger charge is -2.10. The van der Waals surface area contributed by atoms with Crippen molar-refractivity contribution in [2.45, 2.75) is 129 Å². The second-order valence-electron chi connectivity index (χ2n) is 7.41. The Morgan fingerprint density at radius 3 is 1.75 bits per heavy atom. The van der Waals surface area contributed by atoms with Crippen LogP contribution in [0.3, 0.4) is 0 Å². The smallest absolute Gasteiger partial charge is 0.306 e. The number of hydrogen-bond donors (Lipinski definition) is 1. The molecule has 0 amide bonds. The molecule has 0 aromatic rings. The van der Waals surface area contributed by atoms with E-state index in [0.29, 0.717) is 6.42 Å². The first-order valence-corrected chi connectivity index (χ1v) is 10.4. The van der Waals surface area contributed by atoms with Crippen molar-refractivity contribution in [2.24, 2.45) is 0 Å². The molecule has 0 bridgehead atoms. The maximum absolute atomic E-state index is 11.4. The predicted molar refractivity (Wildman–Crippen MR) is 102 cm³/mol. The molecule has 0 saturated carbocycles. The highest BCUT2D eigenvalue weighted by molar-refractivity contribution is 5.69. The molecule has 0 rings (SSSR count). The van der Waals surface area contributed by atoms with E-state index in [1.807, 2.05) is 13.8 Å². The Labute approximate surface area is 150 Å². The molecule has 0 aromatic carbocycles. The lowest BCUT2D eigenvalue weighted by atomic mass is 10.0. The molecule has 0 fully saturated rings. The van der Waals surface area contributed by atoms with Gasteiger partial charge in [-0.25, -0.2) is 0 Å². The molecule has 0 aliphatic rings. The van der Waals surface area contributed by atoms with Crippen LogP contribution in [-0.4, -0.2) is 23.3 Å². The lowest BCUT2D eigenvalue weighted by Crippen LogP contribution is -2.10. The summed E-state index contributed by atoms with van der Waals surface area (Å²) in [5.41, 5.74) is 0. The largest absolute Gasteiger partial charge is 0.463 e. The molecule has 0 aliphatic carbocycles. The topological polar surface area (TPSA) is 46.5 Å². The summed E-state index contributed by atoms with van der Waals surface area (Å²) in [4.78, 5) is 11.4. The van der Waals surface area contributed by atoms with Gasteiger partial charge in [0.1, 0.15) is 0 Å². The normalized spacial score (nSPS) is 12.5. The standard InChI is InChI=1S/C21H42O3/c1-4-5-6-7-8-9-10-13-16-20(22)17-14-11-12-15-18-21(23)24-19(2)3/h19-20,22H,4-18H2,1-3H3. The molecular weight excluding hydrogens is 300 g/mol. The van der Waals surface area contributed by atoms with Crippen LogP contribution in [0, 0.1) is 0 Å². The summed E-state index contributed by atoms with van der Waals surface area (Å²) in [7, 11) is 0. The molecule has 0 heterocycles. The third-order valence-electron chi connectivity index (χ3n) is 4.43. The number of ether oxygens (including phenoxy) is 1. The Morgan fingerprint density at radius 1 is 0.792 bits per heavy atom. The first-order valence-electron chi connectivity index (χ1n) is 10.4. The van der Waals surface area contributed by atoms with E-state index in [1.54, 1.807) is 0 Å². The van der Waals surface area contributed by atoms with Crippen molar-refractivity contribution in [2.75, 3.05) is 0 Å². The van der Waals surface area contributed by atoms with Gasteiger partial charge in [0, 0.05) is 6.42 Å². The van der Waals surface area contributed by atoms with Crippen LogP contribution in [0.25, 0.3) is 0 Å². The summed E-state index contributed by atoms with van der Waals surface area (Å²) >= 11 is 0. The van der Waals surface area contributed by atoms with E-state index in [0.717, 1.165) is 44.9 Å². The second kappa shape index (κ2) is 17.3. The van der Waals surface area contributed by atoms with Crippen LogP contribution in [0.1, 0.15) is 117 Å². The molecule has 1 atom stereocenters. The number of hydrogen-bond acceptors (Lipinski definition) is 3. The van der Waals surface area contributed by atoms with Gasteiger partial charge in [0.15, 0.2) is 0 Å². The molecule has 1 N–H and O–H groups in total. The van der Waals surface area contributed by atoms with E-state index in [-0.39, 0.29) is 18.2 Å². The van der Waals surface area contributed by atoms with Crippen LogP contribution in [0.2, 0.25) is 0 Å². The fraction of sp³-hybridized carbons (Fsp3) is 0.952. The van der Waals surface area contributed by atoms with Crippen molar-refractivity contribution in [3.63, 3.8) is 0 Å². The fourth-order valence-electron chi connectivity index (χ4n) is 2.98. The number of rotatable bonds is 17. The molecule has 3 heteroatoms. The SMILES string of the molecule is CCCCCCCCCCC(O)CCCCCCC(=O)OC(C)C. The molecule has 0 radical (unpaired) electrons. The number of esters is 1. The molecule has 0 aromatic heterocycles. The molecule has 0 saturated heterocycles. The molecule has 1 unspecified atom stereocenters. The molecule has 144 valence electrons. The van der Waals surface area contributed by atoms with Gasteiger partial charge in [0.25, 0.3) is 0 Å². The van der Waals surface area contributed by atoms with Gasteiger partial charge in [-0.2, -0.15) is 0 Å². The van der Waals surface area contributed by atoms with E-state index < -0.39 is 0 Å². The van der Waals surface area contributed by atoms with E-state index in [1.165, 1.54) is 44.9 Å². The van der Waals surface area contributed by atoms with Crippen LogP contribution in [-0.2, 0) is 9.53 Å². The van der Waals surface area contributed by atoms with Gasteiger partial charge < -0.3 is 9.84 Å². The minimum absolute atomic E-state index is 0.0102. The Balaban J connectivity index is 3.26. The van der Waals surface area contributed by atoms with Gasteiger partial charge in [-0.1, -0.05) is 77.6 Å². The van der Waals surface area contributed by atoms with E-state index in [2.05, 4.69) is 6.92 Å². The van der Waals surface area contributed by atoms with Crippen molar-refractivity contribution >= 4 is 5.97 Å². The average Bonchev–Trinajstić information content (AvgIpc) is 2.52. The van der Waals surface area contributed by atoms with Crippen LogP contribution in [0.15, 0.2) is 0 Å². The third kappa shape index (κ3) is 17.8. The highest BCUT2D eigenvalue weighted by Gasteiger charge is 2.06. The molecule has 3 nitrogen and oxygen atoms in total. The van der Waals surface area contributed by atoms with Crippen molar-refractivity contribution in [3.8, 4) is 0 Å². The van der Waals surface area contributed by atoms with Crippen molar-refractivity contribution in [3.05, 3.63) is 0 Å². The highest BCUT2D eigenvalue weighted by Crippen LogP contribution is 2.14. The van der Waals surface area contributed by atoms with Crippen molar-refractivity contribution in [1.29, 1.82) is 0 Å². The quantitative estimate of drug-likeness (QED) is 0.254. The zero-order valence-electron chi connectivity index (χ0n) is 16.5. The van der Waals surface area contributed by atoms with E-state index >= 15 is 0 Å². The summed E-state index contributed by atoms with van der Waals surface area (Å²) in [5, 5.41) is 9.99. The highest BCUT2D eigenvalue weighted by atomic mass is 16.5. The predicted octanol–water partition coefficient (Wildman–Crippen LogP) is 6.17. The van der Waals surface area contributed by atoms with Crippen molar-refractivity contribution < 1.29 is 14.6 Å². The second-order valence-corrected chi connectivity index (χ2v) is 7.41. The van der Waals surface area contributed by atoms with Crippen LogP contribution >= 0.6 is 0 Å². The number of carbonyl (C=O) groups excluding carboxylic acids is 1. The summed E-state index contributed by atoms with van der Waals surface area (Å²) in [5.74, 6) is -0.0836. The fourth-order valence-corrected chi connectivity index (χ4v) is 2.98. The number of aliphatic hydroxyl groups excluding tert-OH is 1. The van der Waals surface area contributed by atoms with Gasteiger partial charge in [-0.3, -0.25) is 4.79 Å². The summed E-state index contributed by atoms with van der Waals surface area (Å²) in [6.45, 7) is 6.01. The maximum Gasteiger partial charge on any atom is 0.306 e. The Kier molecular flexibility index (Phi) is 16.8. The van der Waals surface area contributed by atoms with E-state index in [9.17, 15) is 9.90 Å². The Hall–Kier alpha value is -0.570. The van der Waals surface area contributed by atoms with Crippen LogP contribution < -0.4 is 0 Å². The van der Waals surface area contributed by atoms with Gasteiger partial charge in [-0.15, -0.1) is 0 Å². The van der Waals surface area contributed by atoms with Gasteiger partial charge in [0.2, 0.25) is 0 Å². The van der Waals surface area contributed by atoms with Gasteiger partial charge in [-0.05, 0) is 33.1 Å². The van der Waals surface area contributed by atoms with E-state index in [4.69, 9.17) is 4.74 Å². The maximum atomic E-state index is 11.4. The zero-order valence-corrected chi connectivity index (χ0v) is 16.5. The number of unbranched alkanes of at least 4 members (excludes halogenated alkanes) is 10. The molecule has 24 heavy (non-hydrogen) atoms. The minimum atomic E-state index is -0.129. The average molecular weight is 343 g/mol. The molecule has 0 spiro atoms. The van der Waals surface area contributed by atoms with Gasteiger partial charge in [0.05, 0.1) is 12.2 Å². The monoisotopic (exact) mass is 342 g/mol. The molecule has 0 aliphatic heterocycles. The lowest BCUT2D eigenvalue weighted by molar-refractivity contribution is -0.147. The molecular formula is C21H42O3. The Bertz CT molecular complexity index is 276. The number of carbonyl (C=O) groups is 1. The minimum Gasteiger partial charge on any atom is -0.463 e. The van der Waals surface area contributed by atoms with Crippen molar-refractivity contribution in [1.82, 2.24) is 0 Å². The first-order chi connectivity index (χ1) is 11.6. The Morgan fingerprint density at radius 2 is 1.25 bits per heavy atom.